The standard InChI is InChI=1S/C68H117O11P/c1-4-7-10-13-16-19-22-25-28-31-32-35-38-41-44-47-50-53-56-59-68(72)79-65(61-75-66(70)57-54-51-48-45-42-39-36-33-29-26-23-20-17-14-11-8-5-2)63-77-80(73,74)76-62-64(60-69)78-67(71)58-55-52-49-46-43-40-37-34-30-27-24-21-18-15-12-9-6-3/h7-8,10-11,16-17,19-20,25-26,28-29,32,35,41,44,64-65,69H,4-6,9,12-15,18,21-24,27,30-31,33-34,36-40,42-43,45-63H2,1-3H3,(H,73,74)/b10-7-,11-8-,19-16-,20-17-,28-25-,29-26-,35-32-,44-41-. The van der Waals surface area contributed by atoms with Crippen LogP contribution in [0.15, 0.2) is 97.2 Å². The minimum atomic E-state index is -4.77. The molecule has 0 rings (SSSR count). The topological polar surface area (TPSA) is 155 Å². The molecular weight excluding hydrogens is 1020 g/mol. The van der Waals surface area contributed by atoms with E-state index in [0.717, 1.165) is 122 Å². The van der Waals surface area contributed by atoms with Crippen LogP contribution in [-0.4, -0.2) is 66.5 Å². The summed E-state index contributed by atoms with van der Waals surface area (Å²) >= 11 is 0. The normalized spacial score (nSPS) is 13.9. The van der Waals surface area contributed by atoms with Gasteiger partial charge in [0.2, 0.25) is 0 Å². The number of phosphoric ester groups is 1. The first-order valence-electron chi connectivity index (χ1n) is 32.1. The number of allylic oxidation sites excluding steroid dienone is 16. The largest absolute Gasteiger partial charge is 0.472 e. The van der Waals surface area contributed by atoms with Crippen LogP contribution in [0.2, 0.25) is 0 Å². The van der Waals surface area contributed by atoms with Gasteiger partial charge in [-0.05, 0) is 96.3 Å². The molecule has 3 atom stereocenters. The number of hydrogen-bond donors (Lipinski definition) is 2. The fourth-order valence-electron chi connectivity index (χ4n) is 8.69. The lowest BCUT2D eigenvalue weighted by Crippen LogP contribution is -2.30. The molecule has 0 saturated heterocycles. The van der Waals surface area contributed by atoms with Crippen molar-refractivity contribution in [2.45, 2.75) is 290 Å². The summed E-state index contributed by atoms with van der Waals surface area (Å²) in [5, 5.41) is 9.86. The first-order chi connectivity index (χ1) is 39.2. The van der Waals surface area contributed by atoms with E-state index in [9.17, 15) is 28.9 Å². The molecule has 0 heterocycles. The Bertz CT molecular complexity index is 1710. The number of esters is 3. The molecule has 0 saturated carbocycles. The Balaban J connectivity index is 4.76. The van der Waals surface area contributed by atoms with Crippen LogP contribution in [-0.2, 0) is 42.2 Å². The second-order valence-corrected chi connectivity index (χ2v) is 22.6. The van der Waals surface area contributed by atoms with Crippen LogP contribution >= 0.6 is 7.82 Å². The zero-order chi connectivity index (χ0) is 58.3. The van der Waals surface area contributed by atoms with Crippen LogP contribution in [0.1, 0.15) is 278 Å². The average molecular weight is 1140 g/mol. The Morgan fingerprint density at radius 1 is 0.362 bits per heavy atom. The van der Waals surface area contributed by atoms with Gasteiger partial charge >= 0.3 is 25.7 Å². The monoisotopic (exact) mass is 1140 g/mol. The molecule has 0 aliphatic rings. The van der Waals surface area contributed by atoms with Crippen LogP contribution in [0.25, 0.3) is 0 Å². The number of ether oxygens (including phenoxy) is 3. The highest BCUT2D eigenvalue weighted by Gasteiger charge is 2.28. The van der Waals surface area contributed by atoms with E-state index in [2.05, 4.69) is 118 Å². The van der Waals surface area contributed by atoms with Gasteiger partial charge in [0.15, 0.2) is 6.10 Å². The summed E-state index contributed by atoms with van der Waals surface area (Å²) in [7, 11) is -4.77. The fraction of sp³-hybridized carbons (Fsp3) is 0.721. The van der Waals surface area contributed by atoms with E-state index in [1.54, 1.807) is 0 Å². The first-order valence-corrected chi connectivity index (χ1v) is 33.6. The molecule has 0 aromatic rings. The third-order valence-corrected chi connectivity index (χ3v) is 14.5. The number of aliphatic hydroxyl groups excluding tert-OH is 1. The molecule has 0 fully saturated rings. The number of carbonyl (C=O) groups excluding carboxylic acids is 3. The summed E-state index contributed by atoms with van der Waals surface area (Å²) in [5.41, 5.74) is 0. The Morgan fingerprint density at radius 2 is 0.650 bits per heavy atom. The molecule has 0 bridgehead atoms. The fourth-order valence-corrected chi connectivity index (χ4v) is 9.48. The molecule has 0 aliphatic carbocycles. The number of carbonyl (C=O) groups is 3. The molecule has 0 aliphatic heterocycles. The molecule has 12 heteroatoms. The minimum absolute atomic E-state index is 0.123. The Kier molecular flexibility index (Phi) is 58.7. The van der Waals surface area contributed by atoms with E-state index in [0.29, 0.717) is 19.3 Å². The lowest BCUT2D eigenvalue weighted by Gasteiger charge is -2.21. The first kappa shape index (κ1) is 76.4. The third-order valence-electron chi connectivity index (χ3n) is 13.5. The maximum atomic E-state index is 13.0. The summed E-state index contributed by atoms with van der Waals surface area (Å²) in [5.74, 6) is -1.51. The maximum Gasteiger partial charge on any atom is 0.472 e. The van der Waals surface area contributed by atoms with Crippen LogP contribution in [0.3, 0.4) is 0 Å². The Morgan fingerprint density at radius 3 is 1.01 bits per heavy atom. The molecule has 0 aromatic heterocycles. The second kappa shape index (κ2) is 61.5. The summed E-state index contributed by atoms with van der Waals surface area (Å²) < 4.78 is 39.7. The quantitative estimate of drug-likeness (QED) is 0.0197. The van der Waals surface area contributed by atoms with Gasteiger partial charge < -0.3 is 24.2 Å². The molecule has 11 nitrogen and oxygen atoms in total. The molecule has 0 spiro atoms. The van der Waals surface area contributed by atoms with Crippen molar-refractivity contribution < 1.29 is 52.2 Å². The van der Waals surface area contributed by atoms with Crippen molar-refractivity contribution in [3.8, 4) is 0 Å². The summed E-state index contributed by atoms with van der Waals surface area (Å²) in [6.45, 7) is 4.41. The summed E-state index contributed by atoms with van der Waals surface area (Å²) in [4.78, 5) is 48.8. The van der Waals surface area contributed by atoms with Crippen molar-refractivity contribution >= 4 is 25.7 Å². The van der Waals surface area contributed by atoms with Gasteiger partial charge in [-0.1, -0.05) is 259 Å². The highest BCUT2D eigenvalue weighted by Crippen LogP contribution is 2.43. The summed E-state index contributed by atoms with van der Waals surface area (Å²) in [6, 6.07) is 0. The molecular formula is C68H117O11P. The van der Waals surface area contributed by atoms with Gasteiger partial charge in [-0.15, -0.1) is 0 Å². The Labute approximate surface area is 489 Å². The van der Waals surface area contributed by atoms with Crippen molar-refractivity contribution in [1.29, 1.82) is 0 Å². The second-order valence-electron chi connectivity index (χ2n) is 21.2. The lowest BCUT2D eigenvalue weighted by atomic mass is 10.0. The van der Waals surface area contributed by atoms with Crippen LogP contribution in [0.4, 0.5) is 0 Å². The van der Waals surface area contributed by atoms with E-state index < -0.39 is 57.8 Å². The Hall–Kier alpha value is -3.60. The highest BCUT2D eigenvalue weighted by molar-refractivity contribution is 7.47. The van der Waals surface area contributed by atoms with E-state index >= 15 is 0 Å². The SMILES string of the molecule is CC/C=C\C/C=C\C/C=C\C/C=C\C/C=C\CCCCCC(=O)OC(COC(=O)CCCCCCCCC/C=C\C/C=C\C/C=C\CC)COP(=O)(O)OCC(CO)OC(=O)CCCCCCCCCCCCCCCCCCC. The van der Waals surface area contributed by atoms with Crippen LogP contribution in [0.5, 0.6) is 0 Å². The number of phosphoric acid groups is 1. The minimum Gasteiger partial charge on any atom is -0.462 e. The zero-order valence-electron chi connectivity index (χ0n) is 51.0. The predicted molar refractivity (Wildman–Crippen MR) is 334 cm³/mol. The molecule has 2 N–H and O–H groups in total. The van der Waals surface area contributed by atoms with Gasteiger partial charge in [-0.2, -0.15) is 0 Å². The predicted octanol–water partition coefficient (Wildman–Crippen LogP) is 19.6. The smallest absolute Gasteiger partial charge is 0.462 e. The van der Waals surface area contributed by atoms with Gasteiger partial charge in [-0.3, -0.25) is 23.4 Å². The number of rotatable bonds is 59. The molecule has 460 valence electrons. The van der Waals surface area contributed by atoms with Crippen molar-refractivity contribution in [3.05, 3.63) is 97.2 Å². The van der Waals surface area contributed by atoms with E-state index in [1.165, 1.54) is 96.3 Å². The number of aliphatic hydroxyl groups is 1. The molecule has 0 radical (unpaired) electrons. The van der Waals surface area contributed by atoms with Crippen molar-refractivity contribution in [2.75, 3.05) is 26.4 Å². The average Bonchev–Trinajstić information content (AvgIpc) is 3.45. The van der Waals surface area contributed by atoms with Gasteiger partial charge in [0.1, 0.15) is 12.7 Å². The van der Waals surface area contributed by atoms with Gasteiger partial charge in [0, 0.05) is 19.3 Å². The molecule has 80 heavy (non-hydrogen) atoms. The van der Waals surface area contributed by atoms with E-state index in [4.69, 9.17) is 23.3 Å². The van der Waals surface area contributed by atoms with E-state index in [-0.39, 0.29) is 25.9 Å². The van der Waals surface area contributed by atoms with Gasteiger partial charge in [0.05, 0.1) is 19.8 Å². The highest BCUT2D eigenvalue weighted by atomic mass is 31.2. The van der Waals surface area contributed by atoms with Gasteiger partial charge in [-0.25, -0.2) is 4.57 Å². The van der Waals surface area contributed by atoms with Gasteiger partial charge in [0.25, 0.3) is 0 Å². The van der Waals surface area contributed by atoms with Crippen LogP contribution < -0.4 is 0 Å². The molecule has 0 aromatic carbocycles. The molecule has 0 amide bonds. The number of unbranched alkanes of at least 4 members (excludes halogenated alkanes) is 26. The number of hydrogen-bond acceptors (Lipinski definition) is 10. The lowest BCUT2D eigenvalue weighted by molar-refractivity contribution is -0.161. The molecule has 3 unspecified atom stereocenters. The maximum absolute atomic E-state index is 13.0. The van der Waals surface area contributed by atoms with Crippen LogP contribution in [0, 0.1) is 0 Å². The van der Waals surface area contributed by atoms with Crippen molar-refractivity contribution in [2.24, 2.45) is 0 Å². The zero-order valence-corrected chi connectivity index (χ0v) is 51.9. The van der Waals surface area contributed by atoms with Crippen molar-refractivity contribution in [1.82, 2.24) is 0 Å². The summed E-state index contributed by atoms with van der Waals surface area (Å²) in [6.07, 6.45) is 73.6. The van der Waals surface area contributed by atoms with Crippen molar-refractivity contribution in [3.63, 3.8) is 0 Å². The van der Waals surface area contributed by atoms with E-state index in [1.807, 2.05) is 0 Å². The third kappa shape index (κ3) is 59.0.